The first-order valence-corrected chi connectivity index (χ1v) is 8.51. The molecule has 0 saturated carbocycles. The third kappa shape index (κ3) is 3.74. The van der Waals surface area contributed by atoms with Gasteiger partial charge in [-0.3, -0.25) is 4.79 Å². The number of anilines is 1. The van der Waals surface area contributed by atoms with Gasteiger partial charge in [0, 0.05) is 29.9 Å². The topological polar surface area (TPSA) is 29.5 Å². The molecule has 0 unspecified atom stereocenters. The van der Waals surface area contributed by atoms with Crippen LogP contribution in [-0.2, 0) is 4.74 Å². The maximum Gasteiger partial charge on any atom is 0.191 e. The van der Waals surface area contributed by atoms with Crippen molar-refractivity contribution in [3.05, 3.63) is 71.3 Å². The number of ether oxygens (including phenoxy) is 1. The molecule has 3 rings (SSSR count). The Morgan fingerprint density at radius 2 is 1.71 bits per heavy atom. The number of ketones is 1. The van der Waals surface area contributed by atoms with Gasteiger partial charge in [0.05, 0.1) is 13.2 Å². The normalized spacial score (nSPS) is 15.4. The van der Waals surface area contributed by atoms with Gasteiger partial charge in [0.2, 0.25) is 0 Å². The van der Waals surface area contributed by atoms with Gasteiger partial charge in [-0.15, -0.1) is 0 Å². The summed E-state index contributed by atoms with van der Waals surface area (Å²) < 4.78 is 5.43. The Morgan fingerprint density at radius 3 is 2.42 bits per heavy atom. The molecular weight excluding hydrogens is 298 g/mol. The number of Topliss-reactive ketones (excluding diaryl/α,β-unsaturated/α-hetero) is 1. The summed E-state index contributed by atoms with van der Waals surface area (Å²) in [7, 11) is 0. The molecule has 0 aliphatic carbocycles. The van der Waals surface area contributed by atoms with E-state index >= 15 is 0 Å². The van der Waals surface area contributed by atoms with Crippen molar-refractivity contribution in [2.45, 2.75) is 13.3 Å². The van der Waals surface area contributed by atoms with Crippen LogP contribution in [0.4, 0.5) is 5.69 Å². The van der Waals surface area contributed by atoms with E-state index < -0.39 is 0 Å². The van der Waals surface area contributed by atoms with E-state index in [-0.39, 0.29) is 5.78 Å². The largest absolute Gasteiger partial charge is 0.378 e. The zero-order valence-electron chi connectivity index (χ0n) is 14.1. The van der Waals surface area contributed by atoms with Gasteiger partial charge in [0.1, 0.15) is 0 Å². The second-order valence-electron chi connectivity index (χ2n) is 5.88. The lowest BCUT2D eigenvalue weighted by molar-refractivity contribution is 0.103. The van der Waals surface area contributed by atoms with Gasteiger partial charge >= 0.3 is 0 Å². The number of benzene rings is 2. The van der Waals surface area contributed by atoms with E-state index in [2.05, 4.69) is 4.90 Å². The first-order chi connectivity index (χ1) is 11.8. The molecule has 0 N–H and O–H groups in total. The van der Waals surface area contributed by atoms with Gasteiger partial charge in [-0.2, -0.15) is 0 Å². The molecule has 3 nitrogen and oxygen atoms in total. The average Bonchev–Trinajstić information content (AvgIpc) is 2.67. The van der Waals surface area contributed by atoms with Crippen LogP contribution in [-0.4, -0.2) is 32.1 Å². The molecule has 0 spiro atoms. The second-order valence-corrected chi connectivity index (χ2v) is 5.88. The van der Waals surface area contributed by atoms with Crippen molar-refractivity contribution in [1.29, 1.82) is 0 Å². The number of morpholine rings is 1. The van der Waals surface area contributed by atoms with Gasteiger partial charge in [-0.1, -0.05) is 49.4 Å². The Hall–Kier alpha value is -2.39. The van der Waals surface area contributed by atoms with Crippen molar-refractivity contribution in [3.8, 4) is 0 Å². The third-order valence-corrected chi connectivity index (χ3v) is 4.31. The molecule has 3 heteroatoms. The predicted octanol–water partition coefficient (Wildman–Crippen LogP) is 4.20. The summed E-state index contributed by atoms with van der Waals surface area (Å²) in [5.41, 5.74) is 3.69. The lowest BCUT2D eigenvalue weighted by Gasteiger charge is -2.30. The summed E-state index contributed by atoms with van der Waals surface area (Å²) in [4.78, 5) is 15.4. The number of nitrogens with zero attached hydrogens (tertiary/aromatic N) is 1. The summed E-state index contributed by atoms with van der Waals surface area (Å²) in [5, 5.41) is 0. The Kier molecular flexibility index (Phi) is 5.44. The maximum atomic E-state index is 13.1. The molecule has 0 aromatic heterocycles. The highest BCUT2D eigenvalue weighted by atomic mass is 16.5. The van der Waals surface area contributed by atoms with Gasteiger partial charge in [-0.25, -0.2) is 0 Å². The van der Waals surface area contributed by atoms with E-state index in [4.69, 9.17) is 4.74 Å². The summed E-state index contributed by atoms with van der Waals surface area (Å²) in [6.45, 7) is 5.11. The van der Waals surface area contributed by atoms with Crippen LogP contribution in [0.15, 0.2) is 60.2 Å². The number of rotatable bonds is 5. The number of allylic oxidation sites excluding steroid dienone is 1. The summed E-state index contributed by atoms with van der Waals surface area (Å²) in [6, 6.07) is 17.9. The fourth-order valence-electron chi connectivity index (χ4n) is 3.00. The van der Waals surface area contributed by atoms with E-state index in [1.165, 1.54) is 0 Å². The molecule has 2 aromatic carbocycles. The van der Waals surface area contributed by atoms with Gasteiger partial charge < -0.3 is 9.64 Å². The number of para-hydroxylation sites is 1. The lowest BCUT2D eigenvalue weighted by Crippen LogP contribution is -2.37. The molecule has 1 aliphatic heterocycles. The SMILES string of the molecule is CCC(=Cc1ccccc1)C(=O)c1ccccc1N1CCOCC1. The van der Waals surface area contributed by atoms with Crippen LogP contribution >= 0.6 is 0 Å². The Bertz CT molecular complexity index is 716. The number of hydrogen-bond acceptors (Lipinski definition) is 3. The summed E-state index contributed by atoms with van der Waals surface area (Å²) in [5.74, 6) is 0.114. The van der Waals surface area contributed by atoms with Crippen LogP contribution in [0.2, 0.25) is 0 Å². The summed E-state index contributed by atoms with van der Waals surface area (Å²) >= 11 is 0. The van der Waals surface area contributed by atoms with Crippen molar-refractivity contribution in [1.82, 2.24) is 0 Å². The summed E-state index contributed by atoms with van der Waals surface area (Å²) in [6.07, 6.45) is 2.71. The fraction of sp³-hybridized carbons (Fsp3) is 0.286. The highest BCUT2D eigenvalue weighted by Gasteiger charge is 2.20. The Labute approximate surface area is 143 Å². The molecule has 1 fully saturated rings. The lowest BCUT2D eigenvalue weighted by atomic mass is 9.97. The monoisotopic (exact) mass is 321 g/mol. The molecule has 0 atom stereocenters. The van der Waals surface area contributed by atoms with Gasteiger partial charge in [-0.05, 0) is 30.2 Å². The molecular formula is C21H23NO2. The van der Waals surface area contributed by atoms with Crippen molar-refractivity contribution in [2.24, 2.45) is 0 Å². The quantitative estimate of drug-likeness (QED) is 0.610. The van der Waals surface area contributed by atoms with Crippen LogP contribution in [0.1, 0.15) is 29.3 Å². The van der Waals surface area contributed by atoms with Crippen molar-refractivity contribution in [3.63, 3.8) is 0 Å². The molecule has 1 saturated heterocycles. The highest BCUT2D eigenvalue weighted by molar-refractivity contribution is 6.14. The van der Waals surface area contributed by atoms with Crippen LogP contribution in [0.3, 0.4) is 0 Å². The van der Waals surface area contributed by atoms with Crippen LogP contribution in [0.5, 0.6) is 0 Å². The molecule has 1 aliphatic rings. The fourth-order valence-corrected chi connectivity index (χ4v) is 3.00. The molecule has 2 aromatic rings. The smallest absolute Gasteiger partial charge is 0.191 e. The van der Waals surface area contributed by atoms with Crippen LogP contribution < -0.4 is 4.90 Å². The van der Waals surface area contributed by atoms with E-state index in [0.29, 0.717) is 19.6 Å². The average molecular weight is 321 g/mol. The maximum absolute atomic E-state index is 13.1. The molecule has 24 heavy (non-hydrogen) atoms. The van der Waals surface area contributed by atoms with Crippen LogP contribution in [0, 0.1) is 0 Å². The van der Waals surface area contributed by atoms with Crippen molar-refractivity contribution >= 4 is 17.5 Å². The second kappa shape index (κ2) is 7.93. The molecule has 124 valence electrons. The number of hydrogen-bond donors (Lipinski definition) is 0. The molecule has 0 radical (unpaired) electrons. The Morgan fingerprint density at radius 1 is 1.04 bits per heavy atom. The molecule has 0 amide bonds. The third-order valence-electron chi connectivity index (χ3n) is 4.31. The minimum atomic E-state index is 0.114. The van der Waals surface area contributed by atoms with E-state index in [1.54, 1.807) is 0 Å². The standard InChI is InChI=1S/C21H23NO2/c1-2-18(16-17-8-4-3-5-9-17)21(23)19-10-6-7-11-20(19)22-12-14-24-15-13-22/h3-11,16H,2,12-15H2,1H3. The Balaban J connectivity index is 1.92. The molecule has 0 bridgehead atoms. The van der Waals surface area contributed by atoms with Gasteiger partial charge in [0.15, 0.2) is 5.78 Å². The minimum absolute atomic E-state index is 0.114. The van der Waals surface area contributed by atoms with E-state index in [0.717, 1.165) is 35.5 Å². The van der Waals surface area contributed by atoms with Crippen molar-refractivity contribution < 1.29 is 9.53 Å². The van der Waals surface area contributed by atoms with E-state index in [1.807, 2.05) is 67.6 Å². The zero-order chi connectivity index (χ0) is 16.8. The first-order valence-electron chi connectivity index (χ1n) is 8.51. The van der Waals surface area contributed by atoms with Gasteiger partial charge in [0.25, 0.3) is 0 Å². The first kappa shape index (κ1) is 16.5. The highest BCUT2D eigenvalue weighted by Crippen LogP contribution is 2.25. The van der Waals surface area contributed by atoms with Crippen LogP contribution in [0.25, 0.3) is 6.08 Å². The molecule has 1 heterocycles. The number of carbonyl (C=O) groups is 1. The predicted molar refractivity (Wildman–Crippen MR) is 98.5 cm³/mol. The number of carbonyl (C=O) groups excluding carboxylic acids is 1. The minimum Gasteiger partial charge on any atom is -0.378 e. The van der Waals surface area contributed by atoms with E-state index in [9.17, 15) is 4.79 Å². The zero-order valence-corrected chi connectivity index (χ0v) is 14.1. The van der Waals surface area contributed by atoms with Crippen molar-refractivity contribution in [2.75, 3.05) is 31.2 Å².